The van der Waals surface area contributed by atoms with Crippen LogP contribution in [-0.2, 0) is 27.3 Å². The molecule has 0 N–H and O–H groups in total. The molecule has 178 valence electrons. The third-order valence-corrected chi connectivity index (χ3v) is 7.12. The van der Waals surface area contributed by atoms with Crippen molar-refractivity contribution < 1.29 is 23.5 Å². The molecular formula is C26H29N3O5. The van der Waals surface area contributed by atoms with Gasteiger partial charge in [0.1, 0.15) is 18.4 Å². The fourth-order valence-electron chi connectivity index (χ4n) is 5.16. The van der Waals surface area contributed by atoms with Crippen molar-refractivity contribution in [1.82, 2.24) is 4.90 Å². The van der Waals surface area contributed by atoms with Crippen molar-refractivity contribution in [2.75, 3.05) is 31.6 Å². The summed E-state index contributed by atoms with van der Waals surface area (Å²) in [5.74, 6) is -0.257. The lowest BCUT2D eigenvalue weighted by molar-refractivity contribution is -0.146. The Bertz CT molecular complexity index is 1160. The maximum atomic E-state index is 13.0. The summed E-state index contributed by atoms with van der Waals surface area (Å²) in [4.78, 5) is 29.4. The zero-order valence-corrected chi connectivity index (χ0v) is 19.8. The molecule has 1 saturated heterocycles. The first-order chi connectivity index (χ1) is 16.3. The third-order valence-electron chi connectivity index (χ3n) is 7.12. The number of fused-ring (bicyclic) bond motifs is 1. The number of nitrogens with zero attached hydrogens (tertiary/aromatic N) is 3. The van der Waals surface area contributed by atoms with E-state index in [4.69, 9.17) is 13.9 Å². The quantitative estimate of drug-likeness (QED) is 0.642. The number of carbonyl (C=O) groups is 2. The fourth-order valence-corrected chi connectivity index (χ4v) is 5.16. The van der Waals surface area contributed by atoms with E-state index in [9.17, 15) is 14.9 Å². The second kappa shape index (κ2) is 8.48. The molecule has 1 aromatic heterocycles. The number of piperazine rings is 1. The van der Waals surface area contributed by atoms with E-state index in [1.54, 1.807) is 6.07 Å². The summed E-state index contributed by atoms with van der Waals surface area (Å²) in [7, 11) is 1.33. The van der Waals surface area contributed by atoms with Gasteiger partial charge >= 0.3 is 5.97 Å². The highest BCUT2D eigenvalue weighted by Crippen LogP contribution is 2.47. The SMILES string of the molecule is COC(=O)C1CN(c2cc(C3CC3)c3c(c2C#N)CC(C)(C)OC3)CCN1C(=O)c1ccoc1. The summed E-state index contributed by atoms with van der Waals surface area (Å²) in [5.41, 5.74) is 5.00. The van der Waals surface area contributed by atoms with Gasteiger partial charge in [0, 0.05) is 26.1 Å². The number of hydrogen-bond acceptors (Lipinski definition) is 7. The summed E-state index contributed by atoms with van der Waals surface area (Å²) >= 11 is 0. The Hall–Kier alpha value is -3.31. The lowest BCUT2D eigenvalue weighted by Crippen LogP contribution is -2.58. The minimum absolute atomic E-state index is 0.258. The monoisotopic (exact) mass is 463 g/mol. The molecule has 1 unspecified atom stereocenters. The van der Waals surface area contributed by atoms with Gasteiger partial charge in [-0.15, -0.1) is 0 Å². The van der Waals surface area contributed by atoms with Crippen molar-refractivity contribution in [3.63, 3.8) is 0 Å². The summed E-state index contributed by atoms with van der Waals surface area (Å²) in [5, 5.41) is 10.2. The Morgan fingerprint density at radius 3 is 2.68 bits per heavy atom. The smallest absolute Gasteiger partial charge is 0.330 e. The topological polar surface area (TPSA) is 96.0 Å². The van der Waals surface area contributed by atoms with Gasteiger partial charge in [-0.1, -0.05) is 0 Å². The van der Waals surface area contributed by atoms with E-state index in [-0.39, 0.29) is 18.1 Å². The van der Waals surface area contributed by atoms with Gasteiger partial charge in [0.15, 0.2) is 0 Å². The van der Waals surface area contributed by atoms with Crippen LogP contribution < -0.4 is 4.90 Å². The van der Waals surface area contributed by atoms with Gasteiger partial charge < -0.3 is 23.7 Å². The van der Waals surface area contributed by atoms with Crippen LogP contribution >= 0.6 is 0 Å². The first-order valence-electron chi connectivity index (χ1n) is 11.7. The first-order valence-corrected chi connectivity index (χ1v) is 11.7. The summed E-state index contributed by atoms with van der Waals surface area (Å²) in [6.45, 7) is 5.71. The van der Waals surface area contributed by atoms with Crippen LogP contribution in [0.4, 0.5) is 5.69 Å². The van der Waals surface area contributed by atoms with Crippen molar-refractivity contribution in [2.45, 2.75) is 57.3 Å². The molecule has 1 aromatic carbocycles. The van der Waals surface area contributed by atoms with Gasteiger partial charge in [0.05, 0.1) is 42.4 Å². The molecule has 5 rings (SSSR count). The molecule has 1 amide bonds. The number of ether oxygens (including phenoxy) is 2. The van der Waals surface area contributed by atoms with Crippen LogP contribution in [0.3, 0.4) is 0 Å². The number of esters is 1. The highest BCUT2D eigenvalue weighted by Gasteiger charge is 2.40. The highest BCUT2D eigenvalue weighted by atomic mass is 16.5. The Kier molecular flexibility index (Phi) is 5.61. The Morgan fingerprint density at radius 1 is 1.24 bits per heavy atom. The lowest BCUT2D eigenvalue weighted by atomic mass is 9.84. The van der Waals surface area contributed by atoms with E-state index >= 15 is 0 Å². The molecular weight excluding hydrogens is 434 g/mol. The average Bonchev–Trinajstić information content (AvgIpc) is 3.53. The number of benzene rings is 1. The Labute approximate surface area is 199 Å². The number of anilines is 1. The second-order valence-electron chi connectivity index (χ2n) is 9.92. The summed E-state index contributed by atoms with van der Waals surface area (Å²) < 4.78 is 16.2. The highest BCUT2D eigenvalue weighted by molar-refractivity contribution is 5.97. The van der Waals surface area contributed by atoms with Gasteiger partial charge in [-0.3, -0.25) is 4.79 Å². The van der Waals surface area contributed by atoms with E-state index in [1.807, 2.05) is 13.8 Å². The molecule has 3 heterocycles. The zero-order chi connectivity index (χ0) is 24.0. The van der Waals surface area contributed by atoms with E-state index in [0.717, 1.165) is 29.7 Å². The predicted octanol–water partition coefficient (Wildman–Crippen LogP) is 3.38. The molecule has 0 radical (unpaired) electrons. The van der Waals surface area contributed by atoms with Crippen molar-refractivity contribution >= 4 is 17.6 Å². The van der Waals surface area contributed by atoms with Crippen molar-refractivity contribution in [3.8, 4) is 6.07 Å². The molecule has 2 aromatic rings. The molecule has 8 heteroatoms. The normalized spacial score (nSPS) is 21.5. The van der Waals surface area contributed by atoms with E-state index in [1.165, 1.54) is 30.1 Å². The molecule has 34 heavy (non-hydrogen) atoms. The molecule has 0 spiro atoms. The maximum absolute atomic E-state index is 13.0. The van der Waals surface area contributed by atoms with E-state index in [2.05, 4.69) is 17.0 Å². The number of hydrogen-bond donors (Lipinski definition) is 0. The molecule has 3 aliphatic rings. The van der Waals surface area contributed by atoms with Crippen LogP contribution in [-0.4, -0.2) is 55.2 Å². The minimum Gasteiger partial charge on any atom is -0.472 e. The first kappa shape index (κ1) is 22.5. The van der Waals surface area contributed by atoms with Crippen LogP contribution in [0.5, 0.6) is 0 Å². The van der Waals surface area contributed by atoms with Gasteiger partial charge in [0.25, 0.3) is 5.91 Å². The van der Waals surface area contributed by atoms with Gasteiger partial charge in [0.2, 0.25) is 0 Å². The number of carbonyl (C=O) groups excluding carboxylic acids is 2. The standard InChI is InChI=1S/C26H29N3O5/c1-26(2)11-19-20(12-27)22(10-18(16-4-5-16)21(19)15-34-26)28-7-8-29(23(13-28)25(31)32-3)24(30)17-6-9-33-14-17/h6,9-10,14,16,23H,4-5,7-8,11,13,15H2,1-3H3. The summed E-state index contributed by atoms with van der Waals surface area (Å²) in [6.07, 6.45) is 5.76. The van der Waals surface area contributed by atoms with Crippen LogP contribution in [0.1, 0.15) is 65.2 Å². The largest absolute Gasteiger partial charge is 0.472 e. The molecule has 2 aliphatic heterocycles. The maximum Gasteiger partial charge on any atom is 0.330 e. The minimum atomic E-state index is -0.784. The number of rotatable bonds is 4. The number of amides is 1. The molecule has 8 nitrogen and oxygen atoms in total. The van der Waals surface area contributed by atoms with Crippen LogP contribution in [0.25, 0.3) is 0 Å². The summed E-state index contributed by atoms with van der Waals surface area (Å²) in [6, 6.07) is 5.38. The number of nitriles is 1. The van der Waals surface area contributed by atoms with Crippen LogP contribution in [0.15, 0.2) is 29.1 Å². The Morgan fingerprint density at radius 2 is 2.03 bits per heavy atom. The molecule has 0 bridgehead atoms. The van der Waals surface area contributed by atoms with Gasteiger partial charge in [-0.25, -0.2) is 4.79 Å². The molecule has 1 saturated carbocycles. The Balaban J connectivity index is 1.53. The van der Waals surface area contributed by atoms with Crippen LogP contribution in [0, 0.1) is 11.3 Å². The fraction of sp³-hybridized carbons (Fsp3) is 0.500. The molecule has 2 fully saturated rings. The zero-order valence-electron chi connectivity index (χ0n) is 19.8. The molecule has 1 aliphatic carbocycles. The predicted molar refractivity (Wildman–Crippen MR) is 123 cm³/mol. The van der Waals surface area contributed by atoms with Crippen LogP contribution in [0.2, 0.25) is 0 Å². The third kappa shape index (κ3) is 3.94. The van der Waals surface area contributed by atoms with Crippen molar-refractivity contribution in [1.29, 1.82) is 5.26 Å². The van der Waals surface area contributed by atoms with Gasteiger partial charge in [-0.05, 0) is 61.4 Å². The lowest BCUT2D eigenvalue weighted by Gasteiger charge is -2.42. The van der Waals surface area contributed by atoms with E-state index < -0.39 is 12.0 Å². The number of furan rings is 1. The second-order valence-corrected chi connectivity index (χ2v) is 9.92. The molecule has 1 atom stereocenters. The van der Waals surface area contributed by atoms with Crippen molar-refractivity contribution in [3.05, 3.63) is 52.5 Å². The van der Waals surface area contributed by atoms with E-state index in [0.29, 0.717) is 43.2 Å². The average molecular weight is 464 g/mol. The van der Waals surface area contributed by atoms with Gasteiger partial charge in [-0.2, -0.15) is 5.26 Å². The number of methoxy groups -OCH3 is 1. The van der Waals surface area contributed by atoms with Crippen molar-refractivity contribution in [2.24, 2.45) is 0 Å².